The van der Waals surface area contributed by atoms with Gasteiger partial charge >= 0.3 is 0 Å². The standard InChI is InChI=1S/C22H16ClNO4/c23-20-11-10-18(14-21(20)24(26)27)22(25)12-9-16-7-4-8-19(13-16)28-15-17-5-2-1-3-6-17/h1-14H,15H2/b12-9+. The zero-order chi connectivity index (χ0) is 19.9. The number of nitro groups is 1. The van der Waals surface area contributed by atoms with Gasteiger partial charge in [-0.1, -0.05) is 60.1 Å². The Morgan fingerprint density at radius 3 is 2.57 bits per heavy atom. The van der Waals surface area contributed by atoms with Gasteiger partial charge in [0.25, 0.3) is 5.69 Å². The third-order valence-electron chi connectivity index (χ3n) is 3.96. The molecule has 28 heavy (non-hydrogen) atoms. The Kier molecular flexibility index (Phi) is 6.19. The fourth-order valence-corrected chi connectivity index (χ4v) is 2.71. The molecule has 140 valence electrons. The van der Waals surface area contributed by atoms with Crippen LogP contribution in [-0.2, 0) is 6.61 Å². The van der Waals surface area contributed by atoms with E-state index in [9.17, 15) is 14.9 Å². The number of ketones is 1. The Labute approximate surface area is 167 Å². The summed E-state index contributed by atoms with van der Waals surface area (Å²) in [5.74, 6) is 0.330. The summed E-state index contributed by atoms with van der Waals surface area (Å²) in [5.41, 5.74) is 1.74. The second-order valence-electron chi connectivity index (χ2n) is 5.97. The third-order valence-corrected chi connectivity index (χ3v) is 4.28. The number of rotatable bonds is 7. The minimum atomic E-state index is -0.615. The van der Waals surface area contributed by atoms with Gasteiger partial charge in [-0.25, -0.2) is 0 Å². The Bertz CT molecular complexity index is 1030. The first-order chi connectivity index (χ1) is 13.5. The summed E-state index contributed by atoms with van der Waals surface area (Å²) in [6, 6.07) is 21.1. The molecular weight excluding hydrogens is 378 g/mol. The second-order valence-corrected chi connectivity index (χ2v) is 6.37. The highest BCUT2D eigenvalue weighted by atomic mass is 35.5. The van der Waals surface area contributed by atoms with Gasteiger partial charge in [0.15, 0.2) is 5.78 Å². The van der Waals surface area contributed by atoms with Crippen LogP contribution in [-0.4, -0.2) is 10.7 Å². The van der Waals surface area contributed by atoms with Crippen molar-refractivity contribution in [3.05, 3.63) is 111 Å². The number of carbonyl (C=O) groups is 1. The molecule has 0 aliphatic carbocycles. The van der Waals surface area contributed by atoms with E-state index in [4.69, 9.17) is 16.3 Å². The number of carbonyl (C=O) groups excluding carboxylic acids is 1. The van der Waals surface area contributed by atoms with Crippen molar-refractivity contribution in [3.63, 3.8) is 0 Å². The summed E-state index contributed by atoms with van der Waals surface area (Å²) < 4.78 is 5.77. The van der Waals surface area contributed by atoms with Crippen LogP contribution in [0.5, 0.6) is 5.75 Å². The van der Waals surface area contributed by atoms with E-state index in [0.29, 0.717) is 12.4 Å². The van der Waals surface area contributed by atoms with Gasteiger partial charge in [-0.2, -0.15) is 0 Å². The molecule has 0 aliphatic heterocycles. The smallest absolute Gasteiger partial charge is 0.288 e. The Balaban J connectivity index is 1.69. The Morgan fingerprint density at radius 1 is 1.04 bits per heavy atom. The van der Waals surface area contributed by atoms with Gasteiger partial charge in [0, 0.05) is 11.6 Å². The number of benzene rings is 3. The molecule has 6 heteroatoms. The average Bonchev–Trinajstić information content (AvgIpc) is 2.71. The lowest BCUT2D eigenvalue weighted by Gasteiger charge is -2.07. The molecule has 0 bridgehead atoms. The number of hydrogen-bond acceptors (Lipinski definition) is 4. The average molecular weight is 394 g/mol. The maximum absolute atomic E-state index is 12.3. The Hall–Kier alpha value is -3.44. The van der Waals surface area contributed by atoms with Crippen LogP contribution in [0.25, 0.3) is 6.08 Å². The van der Waals surface area contributed by atoms with Crippen LogP contribution >= 0.6 is 11.6 Å². The highest BCUT2D eigenvalue weighted by molar-refractivity contribution is 6.32. The molecule has 0 amide bonds. The van der Waals surface area contributed by atoms with E-state index in [1.54, 1.807) is 6.08 Å². The molecule has 0 spiro atoms. The monoisotopic (exact) mass is 393 g/mol. The van der Waals surface area contributed by atoms with E-state index in [1.165, 1.54) is 24.3 Å². The number of hydrogen-bond donors (Lipinski definition) is 0. The molecule has 0 heterocycles. The number of halogens is 1. The molecule has 0 aliphatic rings. The molecule has 0 radical (unpaired) electrons. The second kappa shape index (κ2) is 8.97. The first kappa shape index (κ1) is 19.3. The van der Waals surface area contributed by atoms with Gasteiger partial charge < -0.3 is 4.74 Å². The van der Waals surface area contributed by atoms with Crippen molar-refractivity contribution in [2.75, 3.05) is 0 Å². The molecule has 0 saturated heterocycles. The van der Waals surface area contributed by atoms with Crippen molar-refractivity contribution in [1.82, 2.24) is 0 Å². The van der Waals surface area contributed by atoms with Crippen molar-refractivity contribution in [1.29, 1.82) is 0 Å². The van der Waals surface area contributed by atoms with Crippen LogP contribution in [0.2, 0.25) is 5.02 Å². The Morgan fingerprint density at radius 2 is 1.82 bits per heavy atom. The number of allylic oxidation sites excluding steroid dienone is 1. The summed E-state index contributed by atoms with van der Waals surface area (Å²) in [6.07, 6.45) is 3.00. The fourth-order valence-electron chi connectivity index (χ4n) is 2.52. The minimum absolute atomic E-state index is 0.00574. The van der Waals surface area contributed by atoms with Crippen molar-refractivity contribution in [2.45, 2.75) is 6.61 Å². The molecule has 5 nitrogen and oxygen atoms in total. The van der Waals surface area contributed by atoms with Crippen LogP contribution in [0.15, 0.2) is 78.9 Å². The molecule has 3 rings (SSSR count). The summed E-state index contributed by atoms with van der Waals surface area (Å²) in [4.78, 5) is 22.7. The number of nitro benzene ring substituents is 1. The normalized spacial score (nSPS) is 10.8. The van der Waals surface area contributed by atoms with Crippen LogP contribution in [0.3, 0.4) is 0 Å². The van der Waals surface area contributed by atoms with Gasteiger partial charge in [0.2, 0.25) is 0 Å². The molecular formula is C22H16ClNO4. The molecule has 3 aromatic rings. The highest BCUT2D eigenvalue weighted by Gasteiger charge is 2.15. The quantitative estimate of drug-likeness (QED) is 0.222. The SMILES string of the molecule is O=C(/C=C/c1cccc(OCc2ccccc2)c1)c1ccc(Cl)c([N+](=O)[O-])c1. The first-order valence-corrected chi connectivity index (χ1v) is 8.84. The lowest BCUT2D eigenvalue weighted by Crippen LogP contribution is -1.97. The molecule has 3 aromatic carbocycles. The van der Waals surface area contributed by atoms with Crippen LogP contribution in [0.1, 0.15) is 21.5 Å². The van der Waals surface area contributed by atoms with E-state index in [1.807, 2.05) is 54.6 Å². The third kappa shape index (κ3) is 5.05. The molecule has 0 fully saturated rings. The van der Waals surface area contributed by atoms with Gasteiger partial charge in [-0.15, -0.1) is 0 Å². The lowest BCUT2D eigenvalue weighted by atomic mass is 10.1. The molecule has 0 unspecified atom stereocenters. The largest absolute Gasteiger partial charge is 0.489 e. The topological polar surface area (TPSA) is 69.4 Å². The molecule has 0 N–H and O–H groups in total. The zero-order valence-corrected chi connectivity index (χ0v) is 15.5. The van der Waals surface area contributed by atoms with Crippen LogP contribution in [0.4, 0.5) is 5.69 Å². The van der Waals surface area contributed by atoms with Crippen LogP contribution < -0.4 is 4.74 Å². The van der Waals surface area contributed by atoms with E-state index >= 15 is 0 Å². The van der Waals surface area contributed by atoms with Crippen molar-refractivity contribution >= 4 is 29.1 Å². The number of nitrogens with zero attached hydrogens (tertiary/aromatic N) is 1. The molecule has 0 atom stereocenters. The fraction of sp³-hybridized carbons (Fsp3) is 0.0455. The summed E-state index contributed by atoms with van der Waals surface area (Å²) in [5, 5.41) is 10.9. The highest BCUT2D eigenvalue weighted by Crippen LogP contribution is 2.25. The molecule has 0 saturated carbocycles. The predicted octanol–water partition coefficient (Wildman–Crippen LogP) is 5.72. The zero-order valence-electron chi connectivity index (χ0n) is 14.7. The van der Waals surface area contributed by atoms with E-state index in [2.05, 4.69) is 0 Å². The van der Waals surface area contributed by atoms with Gasteiger partial charge in [-0.3, -0.25) is 14.9 Å². The van der Waals surface area contributed by atoms with Crippen molar-refractivity contribution in [2.24, 2.45) is 0 Å². The molecule has 0 aromatic heterocycles. The van der Waals surface area contributed by atoms with Crippen molar-refractivity contribution in [3.8, 4) is 5.75 Å². The summed E-state index contributed by atoms with van der Waals surface area (Å²) >= 11 is 5.78. The minimum Gasteiger partial charge on any atom is -0.489 e. The van der Waals surface area contributed by atoms with Gasteiger partial charge in [0.05, 0.1) is 4.92 Å². The summed E-state index contributed by atoms with van der Waals surface area (Å²) in [7, 11) is 0. The maximum atomic E-state index is 12.3. The first-order valence-electron chi connectivity index (χ1n) is 8.46. The van der Waals surface area contributed by atoms with E-state index < -0.39 is 4.92 Å². The van der Waals surface area contributed by atoms with E-state index in [0.717, 1.165) is 11.1 Å². The lowest BCUT2D eigenvalue weighted by molar-refractivity contribution is -0.384. The number of ether oxygens (including phenoxy) is 1. The van der Waals surface area contributed by atoms with Crippen molar-refractivity contribution < 1.29 is 14.5 Å². The summed E-state index contributed by atoms with van der Waals surface area (Å²) in [6.45, 7) is 0.446. The van der Waals surface area contributed by atoms with Crippen LogP contribution in [0, 0.1) is 10.1 Å². The van der Waals surface area contributed by atoms with Gasteiger partial charge in [-0.05, 0) is 41.5 Å². The van der Waals surface area contributed by atoms with Gasteiger partial charge in [0.1, 0.15) is 17.4 Å². The van der Waals surface area contributed by atoms with E-state index in [-0.39, 0.29) is 22.1 Å². The maximum Gasteiger partial charge on any atom is 0.288 e. The predicted molar refractivity (Wildman–Crippen MR) is 109 cm³/mol.